The van der Waals surface area contributed by atoms with Gasteiger partial charge in [-0.1, -0.05) is 36.2 Å². The van der Waals surface area contributed by atoms with E-state index in [4.69, 9.17) is 23.2 Å². The molecule has 1 aromatic heterocycles. The highest BCUT2D eigenvalue weighted by Crippen LogP contribution is 2.36. The lowest BCUT2D eigenvalue weighted by Gasteiger charge is -2.19. The average molecular weight is 304 g/mol. The molecular weight excluding hydrogens is 292 g/mol. The summed E-state index contributed by atoms with van der Waals surface area (Å²) in [5.74, 6) is -0.321. The van der Waals surface area contributed by atoms with E-state index in [1.54, 1.807) is 18.2 Å². The first-order valence-corrected chi connectivity index (χ1v) is 7.19. The van der Waals surface area contributed by atoms with Gasteiger partial charge in [0, 0.05) is 15.5 Å². The second kappa shape index (κ2) is 6.02. The smallest absolute Gasteiger partial charge is 0.129 e. The summed E-state index contributed by atoms with van der Waals surface area (Å²) in [5, 5.41) is 6.15. The van der Waals surface area contributed by atoms with Gasteiger partial charge in [0.1, 0.15) is 5.82 Å². The number of hydrogen-bond donors (Lipinski definition) is 1. The summed E-state index contributed by atoms with van der Waals surface area (Å²) in [7, 11) is 0. The Balaban J connectivity index is 2.52. The van der Waals surface area contributed by atoms with Gasteiger partial charge in [-0.15, -0.1) is 11.3 Å². The quantitative estimate of drug-likeness (QED) is 0.847. The highest BCUT2D eigenvalue weighted by Gasteiger charge is 2.23. The number of hydrogen-bond acceptors (Lipinski definition) is 2. The zero-order valence-electron chi connectivity index (χ0n) is 9.71. The first kappa shape index (κ1) is 13.8. The molecule has 1 aromatic carbocycles. The molecule has 0 aliphatic carbocycles. The van der Waals surface area contributed by atoms with Gasteiger partial charge in [0.15, 0.2) is 0 Å². The van der Waals surface area contributed by atoms with Crippen molar-refractivity contribution >= 4 is 34.5 Å². The van der Waals surface area contributed by atoms with Gasteiger partial charge in [-0.25, -0.2) is 4.39 Å². The summed E-state index contributed by atoms with van der Waals surface area (Å²) in [6.45, 7) is 2.66. The molecule has 96 valence electrons. The maximum Gasteiger partial charge on any atom is 0.129 e. The molecule has 18 heavy (non-hydrogen) atoms. The summed E-state index contributed by atoms with van der Waals surface area (Å²) in [6, 6.07) is 6.19. The van der Waals surface area contributed by atoms with E-state index in [0.717, 1.165) is 4.88 Å². The van der Waals surface area contributed by atoms with Gasteiger partial charge in [0.05, 0.1) is 11.1 Å². The third kappa shape index (κ3) is 2.69. The van der Waals surface area contributed by atoms with Crippen molar-refractivity contribution in [1.29, 1.82) is 0 Å². The van der Waals surface area contributed by atoms with E-state index in [2.05, 4.69) is 5.32 Å². The molecule has 0 amide bonds. The molecule has 1 N–H and O–H groups in total. The molecule has 0 aliphatic heterocycles. The van der Waals surface area contributed by atoms with Crippen LogP contribution in [0.1, 0.15) is 23.4 Å². The minimum absolute atomic E-state index is 0.309. The standard InChI is InChI=1S/C13H12Cl2FNS/c1-2-17-12(13-9(15)6-7-18-13)11-8(14)4-3-5-10(11)16/h3-7,12,17H,2H2,1H3. The third-order valence-corrected chi connectivity index (χ3v) is 4.36. The molecule has 1 unspecified atom stereocenters. The van der Waals surface area contributed by atoms with Crippen LogP contribution in [0.5, 0.6) is 0 Å². The molecule has 0 fully saturated rings. The predicted molar refractivity (Wildman–Crippen MR) is 76.3 cm³/mol. The second-order valence-corrected chi connectivity index (χ2v) is 5.52. The molecular formula is C13H12Cl2FNS. The van der Waals surface area contributed by atoms with Crippen LogP contribution in [0, 0.1) is 5.82 Å². The number of rotatable bonds is 4. The zero-order valence-corrected chi connectivity index (χ0v) is 12.0. The van der Waals surface area contributed by atoms with Crippen LogP contribution in [-0.2, 0) is 0 Å². The summed E-state index contributed by atoms with van der Waals surface area (Å²) in [5.41, 5.74) is 0.449. The molecule has 1 heterocycles. The minimum Gasteiger partial charge on any atom is -0.306 e. The van der Waals surface area contributed by atoms with Crippen molar-refractivity contribution in [3.63, 3.8) is 0 Å². The SMILES string of the molecule is CCNC(c1sccc1Cl)c1c(F)cccc1Cl. The Labute approximate surface area is 120 Å². The van der Waals surface area contributed by atoms with Crippen molar-refractivity contribution in [3.8, 4) is 0 Å². The molecule has 0 aliphatic rings. The van der Waals surface area contributed by atoms with Crippen molar-refractivity contribution in [3.05, 3.63) is 55.9 Å². The average Bonchev–Trinajstić information content (AvgIpc) is 2.74. The molecule has 1 nitrogen and oxygen atoms in total. The first-order chi connectivity index (χ1) is 8.65. The molecule has 2 rings (SSSR count). The number of thiophene rings is 1. The minimum atomic E-state index is -0.321. The van der Waals surface area contributed by atoms with Gasteiger partial charge in [0.25, 0.3) is 0 Å². The van der Waals surface area contributed by atoms with Crippen LogP contribution < -0.4 is 5.32 Å². The Kier molecular flexibility index (Phi) is 4.62. The summed E-state index contributed by atoms with van der Waals surface area (Å²) >= 11 is 13.7. The zero-order chi connectivity index (χ0) is 13.1. The van der Waals surface area contributed by atoms with Gasteiger partial charge >= 0.3 is 0 Å². The fraction of sp³-hybridized carbons (Fsp3) is 0.231. The second-order valence-electron chi connectivity index (χ2n) is 3.76. The lowest BCUT2D eigenvalue weighted by molar-refractivity contribution is 0.563. The van der Waals surface area contributed by atoms with E-state index < -0.39 is 0 Å². The van der Waals surface area contributed by atoms with Crippen LogP contribution in [0.2, 0.25) is 10.0 Å². The normalized spacial score (nSPS) is 12.7. The number of halogens is 3. The molecule has 0 saturated carbocycles. The Hall–Kier alpha value is -0.610. The Bertz CT molecular complexity index is 521. The molecule has 0 spiro atoms. The fourth-order valence-electron chi connectivity index (χ4n) is 1.83. The van der Waals surface area contributed by atoms with Gasteiger partial charge in [-0.05, 0) is 30.1 Å². The maximum atomic E-state index is 14.0. The highest BCUT2D eigenvalue weighted by molar-refractivity contribution is 7.10. The molecule has 0 saturated heterocycles. The largest absolute Gasteiger partial charge is 0.306 e. The van der Waals surface area contributed by atoms with E-state index in [9.17, 15) is 4.39 Å². The summed E-state index contributed by atoms with van der Waals surface area (Å²) in [4.78, 5) is 0.880. The van der Waals surface area contributed by atoms with Crippen molar-refractivity contribution < 1.29 is 4.39 Å². The fourth-order valence-corrected chi connectivity index (χ4v) is 3.35. The van der Waals surface area contributed by atoms with Crippen molar-refractivity contribution in [2.24, 2.45) is 0 Å². The van der Waals surface area contributed by atoms with Crippen LogP contribution in [0.4, 0.5) is 4.39 Å². The lowest BCUT2D eigenvalue weighted by atomic mass is 10.0. The van der Waals surface area contributed by atoms with Crippen molar-refractivity contribution in [1.82, 2.24) is 5.32 Å². The molecule has 0 radical (unpaired) electrons. The Morgan fingerprint density at radius 1 is 1.28 bits per heavy atom. The van der Waals surface area contributed by atoms with E-state index in [0.29, 0.717) is 22.2 Å². The van der Waals surface area contributed by atoms with Crippen molar-refractivity contribution in [2.75, 3.05) is 6.54 Å². The van der Waals surface area contributed by atoms with E-state index in [1.807, 2.05) is 12.3 Å². The summed E-state index contributed by atoms with van der Waals surface area (Å²) < 4.78 is 14.0. The van der Waals surface area contributed by atoms with Gasteiger partial charge < -0.3 is 5.32 Å². The lowest BCUT2D eigenvalue weighted by Crippen LogP contribution is -2.22. The topological polar surface area (TPSA) is 12.0 Å². The van der Waals surface area contributed by atoms with Crippen LogP contribution in [-0.4, -0.2) is 6.54 Å². The molecule has 5 heteroatoms. The van der Waals surface area contributed by atoms with Gasteiger partial charge in [0.2, 0.25) is 0 Å². The first-order valence-electron chi connectivity index (χ1n) is 5.55. The maximum absolute atomic E-state index is 14.0. The monoisotopic (exact) mass is 303 g/mol. The predicted octanol–water partition coefficient (Wildman–Crippen LogP) is 4.89. The van der Waals surface area contributed by atoms with Gasteiger partial charge in [-0.2, -0.15) is 0 Å². The van der Waals surface area contributed by atoms with E-state index in [1.165, 1.54) is 17.4 Å². The number of nitrogens with one attached hydrogen (secondary N) is 1. The van der Waals surface area contributed by atoms with E-state index >= 15 is 0 Å². The Morgan fingerprint density at radius 3 is 2.61 bits per heavy atom. The number of benzene rings is 1. The molecule has 2 aromatic rings. The van der Waals surface area contributed by atoms with Crippen LogP contribution >= 0.6 is 34.5 Å². The highest BCUT2D eigenvalue weighted by atomic mass is 35.5. The van der Waals surface area contributed by atoms with Gasteiger partial charge in [-0.3, -0.25) is 0 Å². The van der Waals surface area contributed by atoms with Crippen LogP contribution in [0.3, 0.4) is 0 Å². The van der Waals surface area contributed by atoms with Crippen molar-refractivity contribution in [2.45, 2.75) is 13.0 Å². The van der Waals surface area contributed by atoms with Crippen LogP contribution in [0.15, 0.2) is 29.6 Å². The van der Waals surface area contributed by atoms with Crippen LogP contribution in [0.25, 0.3) is 0 Å². The molecule has 1 atom stereocenters. The van der Waals surface area contributed by atoms with E-state index in [-0.39, 0.29) is 11.9 Å². The third-order valence-electron chi connectivity index (χ3n) is 2.60. The molecule has 0 bridgehead atoms. The summed E-state index contributed by atoms with van der Waals surface area (Å²) in [6.07, 6.45) is 0. The Morgan fingerprint density at radius 2 is 2.06 bits per heavy atom.